The van der Waals surface area contributed by atoms with Crippen molar-refractivity contribution in [3.63, 3.8) is 0 Å². The van der Waals surface area contributed by atoms with Crippen LogP contribution in [-0.2, 0) is 16.6 Å². The summed E-state index contributed by atoms with van der Waals surface area (Å²) < 4.78 is 81.1. The van der Waals surface area contributed by atoms with E-state index in [0.29, 0.717) is 19.8 Å². The predicted molar refractivity (Wildman–Crippen MR) is 113 cm³/mol. The van der Waals surface area contributed by atoms with Crippen LogP contribution in [0.3, 0.4) is 0 Å². The van der Waals surface area contributed by atoms with Gasteiger partial charge in [0.25, 0.3) is 5.91 Å². The molecule has 2 N–H and O–H groups in total. The van der Waals surface area contributed by atoms with E-state index in [4.69, 9.17) is 16.9 Å². The zero-order valence-electron chi connectivity index (χ0n) is 17.0. The van der Waals surface area contributed by atoms with E-state index in [1.165, 1.54) is 16.7 Å². The Hall–Kier alpha value is -2.88. The third kappa shape index (κ3) is 5.05. The molecule has 2 heterocycles. The van der Waals surface area contributed by atoms with E-state index >= 15 is 0 Å². The first-order valence-electron chi connectivity index (χ1n) is 9.55. The summed E-state index contributed by atoms with van der Waals surface area (Å²) in [5.41, 5.74) is -0.617. The highest BCUT2D eigenvalue weighted by Gasteiger charge is 2.41. The summed E-state index contributed by atoms with van der Waals surface area (Å²) in [6.45, 7) is 0.812. The molecule has 33 heavy (non-hydrogen) atoms. The van der Waals surface area contributed by atoms with Gasteiger partial charge in [0, 0.05) is 12.2 Å². The zero-order valence-corrected chi connectivity index (χ0v) is 18.6. The van der Waals surface area contributed by atoms with Crippen molar-refractivity contribution in [2.75, 3.05) is 5.32 Å². The lowest BCUT2D eigenvalue weighted by Gasteiger charge is -2.17. The van der Waals surface area contributed by atoms with Crippen LogP contribution >= 0.6 is 11.6 Å². The molecule has 13 heteroatoms. The lowest BCUT2D eigenvalue weighted by Crippen LogP contribution is -2.43. The number of rotatable bonds is 5. The first kappa shape index (κ1) is 24.8. The summed E-state index contributed by atoms with van der Waals surface area (Å²) in [6.07, 6.45) is -0.783. The molecule has 7 nitrogen and oxygen atoms in total. The van der Waals surface area contributed by atoms with Gasteiger partial charge in [-0.05, 0) is 44.0 Å². The van der Waals surface area contributed by atoms with Gasteiger partial charge in [0.15, 0.2) is 0 Å². The summed E-state index contributed by atoms with van der Waals surface area (Å²) >= 11 is 6.27. The number of hydrogen-bond acceptors (Lipinski definition) is 4. The molecule has 176 valence electrons. The number of nitrogens with zero attached hydrogens (tertiary/aromatic N) is 2. The molecule has 2 aromatic rings. The van der Waals surface area contributed by atoms with E-state index in [1.807, 2.05) is 0 Å². The second kappa shape index (κ2) is 9.17. The molecular formula is C20H17ClF4N4O3S. The second-order valence-electron chi connectivity index (χ2n) is 7.22. The minimum atomic E-state index is -4.84. The van der Waals surface area contributed by atoms with Crippen molar-refractivity contribution in [1.29, 1.82) is 5.26 Å². The van der Waals surface area contributed by atoms with Crippen molar-refractivity contribution in [3.05, 3.63) is 52.1 Å². The summed E-state index contributed by atoms with van der Waals surface area (Å²) in [7, 11) is -4.78. The second-order valence-corrected chi connectivity index (χ2v) is 9.25. The fourth-order valence-electron chi connectivity index (χ4n) is 3.26. The van der Waals surface area contributed by atoms with Crippen molar-refractivity contribution in [3.8, 4) is 6.07 Å². The van der Waals surface area contributed by atoms with Gasteiger partial charge in [0.2, 0.25) is 10.0 Å². The van der Waals surface area contributed by atoms with E-state index in [-0.39, 0.29) is 29.2 Å². The number of aromatic nitrogens is 1. The van der Waals surface area contributed by atoms with Crippen LogP contribution in [0.5, 0.6) is 0 Å². The third-order valence-electron chi connectivity index (χ3n) is 4.88. The largest absolute Gasteiger partial charge is 0.404 e. The molecule has 1 atom stereocenters. The van der Waals surface area contributed by atoms with Crippen molar-refractivity contribution >= 4 is 39.3 Å². The molecule has 1 aliphatic heterocycles. The average Bonchev–Trinajstić information content (AvgIpc) is 2.84. The maximum atomic E-state index is 13.6. The van der Waals surface area contributed by atoms with E-state index < -0.39 is 43.9 Å². The molecule has 0 fully saturated rings. The number of hydrogen-bond donors (Lipinski definition) is 2. The highest BCUT2D eigenvalue weighted by Crippen LogP contribution is 2.36. The smallest absolute Gasteiger partial charge is 0.335 e. The van der Waals surface area contributed by atoms with Gasteiger partial charge in [-0.15, -0.1) is 0 Å². The number of fused-ring (bicyclic) bond motifs is 1. The summed E-state index contributed by atoms with van der Waals surface area (Å²) in [5, 5.41) is 10.8. The fraction of sp³-hybridized carbons (Fsp3) is 0.300. The molecule has 0 radical (unpaired) electrons. The molecule has 3 rings (SSSR count). The Labute approximate surface area is 191 Å². The van der Waals surface area contributed by atoms with E-state index in [1.54, 1.807) is 16.9 Å². The van der Waals surface area contributed by atoms with Gasteiger partial charge in [-0.1, -0.05) is 17.7 Å². The monoisotopic (exact) mass is 504 g/mol. The predicted octanol–water partition coefficient (Wildman–Crippen LogP) is 4.44. The Balaban J connectivity index is 2.09. The van der Waals surface area contributed by atoms with Crippen LogP contribution in [0.1, 0.15) is 41.5 Å². The number of amides is 1. The highest BCUT2D eigenvalue weighted by molar-refractivity contribution is 7.89. The molecule has 1 aromatic carbocycles. The number of sulfonamides is 1. The molecular weight excluding hydrogens is 488 g/mol. The lowest BCUT2D eigenvalue weighted by molar-refractivity contribution is -0.147. The van der Waals surface area contributed by atoms with Gasteiger partial charge in [0.1, 0.15) is 28.5 Å². The van der Waals surface area contributed by atoms with E-state index in [0.717, 1.165) is 12.1 Å². The van der Waals surface area contributed by atoms with Crippen molar-refractivity contribution in [2.45, 2.75) is 43.4 Å². The van der Waals surface area contributed by atoms with Crippen LogP contribution in [0.2, 0.25) is 5.02 Å². The van der Waals surface area contributed by atoms with Gasteiger partial charge in [-0.3, -0.25) is 4.79 Å². The molecule has 0 saturated carbocycles. The molecule has 1 aromatic heterocycles. The van der Waals surface area contributed by atoms with Crippen LogP contribution in [0.15, 0.2) is 29.2 Å². The molecule has 1 unspecified atom stereocenters. The molecule has 0 saturated heterocycles. The molecule has 1 amide bonds. The Bertz CT molecular complexity index is 1280. The van der Waals surface area contributed by atoms with Crippen LogP contribution < -0.4 is 10.0 Å². The number of carbonyl (C=O) groups is 1. The van der Waals surface area contributed by atoms with Gasteiger partial charge >= 0.3 is 6.18 Å². The SMILES string of the molecule is CC(NS(=O)(=O)c1c(Cl)c(C(=O)Nc2ccc(F)c(C#N)c2)n2c1C=CCCC2)C(F)(F)F. The Morgan fingerprint density at radius 2 is 2.03 bits per heavy atom. The molecule has 0 spiro atoms. The van der Waals surface area contributed by atoms with Crippen molar-refractivity contribution < 1.29 is 30.8 Å². The first-order chi connectivity index (χ1) is 15.4. The molecule has 1 aliphatic rings. The normalized spacial score (nSPS) is 14.8. The number of benzene rings is 1. The number of allylic oxidation sites excluding steroid dienone is 1. The van der Waals surface area contributed by atoms with Gasteiger partial charge < -0.3 is 9.88 Å². The van der Waals surface area contributed by atoms with Crippen LogP contribution in [0.25, 0.3) is 6.08 Å². The Morgan fingerprint density at radius 3 is 2.67 bits per heavy atom. The minimum Gasteiger partial charge on any atom is -0.335 e. The summed E-state index contributed by atoms with van der Waals surface area (Å²) in [6, 6.07) is 2.47. The van der Waals surface area contributed by atoms with Gasteiger partial charge in [-0.25, -0.2) is 12.8 Å². The number of nitrogens with one attached hydrogen (secondary N) is 2. The highest BCUT2D eigenvalue weighted by atomic mass is 35.5. The van der Waals surface area contributed by atoms with Crippen LogP contribution in [0.4, 0.5) is 23.2 Å². The van der Waals surface area contributed by atoms with Crippen LogP contribution in [0, 0.1) is 17.1 Å². The Kier molecular flexibility index (Phi) is 6.88. The standard InChI is InChI=1S/C20H17ClF4N4O3S/c1-11(20(23,24)25)28-33(31,32)18-15-5-3-2-4-8-29(15)17(16(18)21)19(30)27-13-6-7-14(22)12(9-13)10-26/h3,5-7,9,11,28H,2,4,8H2,1H3,(H,27,30). The van der Waals surface area contributed by atoms with Gasteiger partial charge in [0.05, 0.1) is 16.3 Å². The average molecular weight is 505 g/mol. The fourth-order valence-corrected chi connectivity index (χ4v) is 5.35. The maximum Gasteiger partial charge on any atom is 0.404 e. The first-order valence-corrected chi connectivity index (χ1v) is 11.4. The topological polar surface area (TPSA) is 104 Å². The van der Waals surface area contributed by atoms with Crippen molar-refractivity contribution in [1.82, 2.24) is 9.29 Å². The number of nitriles is 1. The number of halogens is 5. The number of carbonyl (C=O) groups excluding carboxylic acids is 1. The van der Waals surface area contributed by atoms with Gasteiger partial charge in [-0.2, -0.15) is 23.2 Å². The summed E-state index contributed by atoms with van der Waals surface area (Å²) in [5.74, 6) is -1.68. The zero-order chi connectivity index (χ0) is 24.6. The Morgan fingerprint density at radius 1 is 1.33 bits per heavy atom. The number of anilines is 1. The molecule has 0 aliphatic carbocycles. The summed E-state index contributed by atoms with van der Waals surface area (Å²) in [4.78, 5) is 12.4. The van der Waals surface area contributed by atoms with Crippen molar-refractivity contribution in [2.24, 2.45) is 0 Å². The lowest BCUT2D eigenvalue weighted by atomic mass is 10.2. The van der Waals surface area contributed by atoms with E-state index in [9.17, 15) is 30.8 Å². The number of alkyl halides is 3. The van der Waals surface area contributed by atoms with E-state index in [2.05, 4.69) is 5.32 Å². The molecule has 0 bridgehead atoms. The van der Waals surface area contributed by atoms with Crippen LogP contribution in [-0.4, -0.2) is 31.1 Å². The quantitative estimate of drug-likeness (QED) is 0.587. The third-order valence-corrected chi connectivity index (χ3v) is 6.97. The maximum absolute atomic E-state index is 13.6. The minimum absolute atomic E-state index is 0.0404.